The zero-order valence-electron chi connectivity index (χ0n) is 23.9. The van der Waals surface area contributed by atoms with Crippen LogP contribution in [0.5, 0.6) is 5.75 Å². The molecule has 0 saturated heterocycles. The Morgan fingerprint density at radius 3 is 2.13 bits per heavy atom. The highest BCUT2D eigenvalue weighted by Gasteiger charge is 2.32. The third-order valence-corrected chi connectivity index (χ3v) is 7.07. The van der Waals surface area contributed by atoms with Crippen molar-refractivity contribution in [2.75, 3.05) is 0 Å². The molecule has 2 aromatic heterocycles. The second kappa shape index (κ2) is 14.7. The lowest BCUT2D eigenvalue weighted by Crippen LogP contribution is -2.58. The van der Waals surface area contributed by atoms with Gasteiger partial charge in [-0.2, -0.15) is 0 Å². The molecule has 0 saturated carbocycles. The van der Waals surface area contributed by atoms with E-state index in [2.05, 4.69) is 30.9 Å². The van der Waals surface area contributed by atoms with Gasteiger partial charge in [0.2, 0.25) is 17.7 Å². The van der Waals surface area contributed by atoms with Crippen molar-refractivity contribution in [3.63, 3.8) is 0 Å². The van der Waals surface area contributed by atoms with Gasteiger partial charge in [0.05, 0.1) is 18.8 Å². The number of nitrogens with two attached hydrogens (primary N) is 1. The topological polar surface area (TPSA) is 253 Å². The number of carboxylic acids is 2. The minimum Gasteiger partial charge on any atom is -0.508 e. The number of carboxylic acid groups (broad SMARTS) is 2. The predicted octanol–water partition coefficient (Wildman–Crippen LogP) is -0.0345. The van der Waals surface area contributed by atoms with Gasteiger partial charge in [-0.25, -0.2) is 9.78 Å². The van der Waals surface area contributed by atoms with Gasteiger partial charge in [0, 0.05) is 41.8 Å². The number of phenols is 1. The number of nitrogens with one attached hydrogen (secondary N) is 5. The Bertz CT molecular complexity index is 1650. The number of amides is 3. The normalized spacial score (nSPS) is 13.7. The summed E-state index contributed by atoms with van der Waals surface area (Å²) in [5.41, 5.74) is 8.80. The largest absolute Gasteiger partial charge is 0.508 e. The third kappa shape index (κ3) is 8.90. The van der Waals surface area contributed by atoms with Crippen molar-refractivity contribution in [2.45, 2.75) is 49.9 Å². The number of phenolic OH excluding ortho intramolecular Hbond substituents is 1. The van der Waals surface area contributed by atoms with Crippen LogP contribution in [0.15, 0.2) is 67.3 Å². The van der Waals surface area contributed by atoms with Crippen molar-refractivity contribution in [3.8, 4) is 5.75 Å². The lowest BCUT2D eigenvalue weighted by molar-refractivity contribution is -0.143. The molecule has 0 bridgehead atoms. The van der Waals surface area contributed by atoms with E-state index >= 15 is 0 Å². The van der Waals surface area contributed by atoms with Gasteiger partial charge in [0.25, 0.3) is 0 Å². The third-order valence-electron chi connectivity index (χ3n) is 7.07. The quantitative estimate of drug-likeness (QED) is 0.0858. The van der Waals surface area contributed by atoms with Crippen LogP contribution in [0.2, 0.25) is 0 Å². The summed E-state index contributed by atoms with van der Waals surface area (Å²) in [6.07, 6.45) is 3.55. The summed E-state index contributed by atoms with van der Waals surface area (Å²) in [5.74, 6) is -5.49. The van der Waals surface area contributed by atoms with Gasteiger partial charge in [0.15, 0.2) is 0 Å². The Hall–Kier alpha value is -5.70. The number of imidazole rings is 1. The number of aromatic nitrogens is 3. The van der Waals surface area contributed by atoms with Gasteiger partial charge < -0.3 is 47.0 Å². The number of hydrogen-bond donors (Lipinski definition) is 9. The van der Waals surface area contributed by atoms with E-state index in [1.54, 1.807) is 6.20 Å². The molecule has 236 valence electrons. The molecule has 0 fully saturated rings. The number of rotatable bonds is 15. The van der Waals surface area contributed by atoms with Crippen molar-refractivity contribution < 1.29 is 39.3 Å². The van der Waals surface area contributed by atoms with Gasteiger partial charge in [-0.3, -0.25) is 19.2 Å². The van der Waals surface area contributed by atoms with Gasteiger partial charge in [-0.05, 0) is 35.7 Å². The van der Waals surface area contributed by atoms with E-state index in [1.807, 2.05) is 24.3 Å². The first-order valence-corrected chi connectivity index (χ1v) is 13.9. The highest BCUT2D eigenvalue weighted by atomic mass is 16.4. The SMILES string of the molecule is NC(Cc1c[nH]c2ccccc12)C(=O)NC(Cc1cnc[nH]1)C(=O)NC(CC(=O)O)C(=O)NC(Cc1ccc(O)cc1)C(=O)O. The Balaban J connectivity index is 1.47. The second-order valence-electron chi connectivity index (χ2n) is 10.4. The minimum absolute atomic E-state index is 0.0328. The van der Waals surface area contributed by atoms with E-state index in [4.69, 9.17) is 5.73 Å². The summed E-state index contributed by atoms with van der Waals surface area (Å²) in [6.45, 7) is 0. The monoisotopic (exact) mass is 619 g/mol. The maximum atomic E-state index is 13.4. The molecule has 0 radical (unpaired) electrons. The fourth-order valence-electron chi connectivity index (χ4n) is 4.73. The molecule has 15 heteroatoms. The number of hydrogen-bond acceptors (Lipinski definition) is 8. The second-order valence-corrected chi connectivity index (χ2v) is 10.4. The number of carbonyl (C=O) groups excluding carboxylic acids is 3. The number of para-hydroxylation sites is 1. The Kier molecular flexibility index (Phi) is 10.5. The highest BCUT2D eigenvalue weighted by Crippen LogP contribution is 2.19. The maximum Gasteiger partial charge on any atom is 0.326 e. The summed E-state index contributed by atoms with van der Waals surface area (Å²) in [4.78, 5) is 73.0. The van der Waals surface area contributed by atoms with Crippen LogP contribution >= 0.6 is 0 Å². The van der Waals surface area contributed by atoms with Gasteiger partial charge >= 0.3 is 11.9 Å². The molecule has 15 nitrogen and oxygen atoms in total. The van der Waals surface area contributed by atoms with E-state index in [1.165, 1.54) is 36.8 Å². The zero-order valence-corrected chi connectivity index (χ0v) is 23.9. The van der Waals surface area contributed by atoms with E-state index in [9.17, 15) is 39.3 Å². The molecule has 3 amide bonds. The number of aliphatic carboxylic acids is 2. The fraction of sp³-hybridized carbons (Fsp3) is 0.267. The maximum absolute atomic E-state index is 13.4. The molecule has 0 spiro atoms. The lowest BCUT2D eigenvalue weighted by Gasteiger charge is -2.24. The highest BCUT2D eigenvalue weighted by molar-refractivity contribution is 5.96. The van der Waals surface area contributed by atoms with Crippen LogP contribution in [0.4, 0.5) is 0 Å². The van der Waals surface area contributed by atoms with E-state index in [0.29, 0.717) is 11.3 Å². The summed E-state index contributed by atoms with van der Waals surface area (Å²) in [5, 5.41) is 36.7. The Morgan fingerprint density at radius 2 is 1.47 bits per heavy atom. The van der Waals surface area contributed by atoms with Crippen LogP contribution in [0, 0.1) is 0 Å². The molecule has 2 aromatic carbocycles. The first-order valence-electron chi connectivity index (χ1n) is 13.9. The molecule has 10 N–H and O–H groups in total. The zero-order chi connectivity index (χ0) is 32.5. The average Bonchev–Trinajstić information content (AvgIpc) is 3.67. The van der Waals surface area contributed by atoms with Gasteiger partial charge in [-0.15, -0.1) is 0 Å². The summed E-state index contributed by atoms with van der Waals surface area (Å²) in [6, 6.07) is 7.61. The molecule has 2 heterocycles. The Labute approximate surface area is 256 Å². The molecule has 4 atom stereocenters. The molecular formula is C30H33N7O8. The number of benzene rings is 2. The number of fused-ring (bicyclic) bond motifs is 1. The van der Waals surface area contributed by atoms with E-state index in [-0.39, 0.29) is 25.0 Å². The van der Waals surface area contributed by atoms with Crippen molar-refractivity contribution in [3.05, 3.63) is 84.1 Å². The number of carbonyl (C=O) groups is 5. The van der Waals surface area contributed by atoms with Crippen LogP contribution in [-0.2, 0) is 43.2 Å². The summed E-state index contributed by atoms with van der Waals surface area (Å²) < 4.78 is 0. The lowest BCUT2D eigenvalue weighted by atomic mass is 10.0. The van der Waals surface area contributed by atoms with Crippen molar-refractivity contribution >= 4 is 40.6 Å². The summed E-state index contributed by atoms with van der Waals surface area (Å²) >= 11 is 0. The number of H-pyrrole nitrogens is 2. The molecule has 4 aromatic rings. The number of aromatic amines is 2. The van der Waals surface area contributed by atoms with E-state index < -0.39 is 60.2 Å². The molecule has 4 unspecified atom stereocenters. The predicted molar refractivity (Wildman–Crippen MR) is 160 cm³/mol. The first kappa shape index (κ1) is 32.2. The molecular weight excluding hydrogens is 586 g/mol. The smallest absolute Gasteiger partial charge is 0.326 e. The average molecular weight is 620 g/mol. The van der Waals surface area contributed by atoms with Crippen LogP contribution in [0.1, 0.15) is 23.2 Å². The van der Waals surface area contributed by atoms with Crippen LogP contribution < -0.4 is 21.7 Å². The first-order chi connectivity index (χ1) is 21.5. The molecule has 45 heavy (non-hydrogen) atoms. The van der Waals surface area contributed by atoms with Crippen LogP contribution in [0.25, 0.3) is 10.9 Å². The molecule has 4 rings (SSSR count). The van der Waals surface area contributed by atoms with Crippen molar-refractivity contribution in [1.29, 1.82) is 0 Å². The van der Waals surface area contributed by atoms with Crippen molar-refractivity contribution in [1.82, 2.24) is 30.9 Å². The standard InChI is InChI=1S/C30H33N7O8/c31-21(10-17-13-33-22-4-2-1-3-20(17)22)27(41)35-23(11-18-14-32-15-34-18)28(42)36-24(12-26(39)40)29(43)37-25(30(44)45)9-16-5-7-19(38)8-6-16/h1-8,13-15,21,23-25,33,38H,9-12,31H2,(H,32,34)(H,35,41)(H,36,42)(H,37,43)(H,39,40)(H,44,45). The fourth-order valence-corrected chi connectivity index (χ4v) is 4.73. The summed E-state index contributed by atoms with van der Waals surface area (Å²) in [7, 11) is 0. The molecule has 0 aliphatic rings. The number of nitrogens with zero attached hydrogens (tertiary/aromatic N) is 1. The Morgan fingerprint density at radius 1 is 0.800 bits per heavy atom. The van der Waals surface area contributed by atoms with Gasteiger partial charge in [0.1, 0.15) is 23.9 Å². The van der Waals surface area contributed by atoms with Crippen LogP contribution in [0.3, 0.4) is 0 Å². The molecule has 0 aliphatic carbocycles. The van der Waals surface area contributed by atoms with Crippen molar-refractivity contribution in [2.24, 2.45) is 5.73 Å². The number of aromatic hydroxyl groups is 1. The van der Waals surface area contributed by atoms with Gasteiger partial charge in [-0.1, -0.05) is 30.3 Å². The minimum atomic E-state index is -1.68. The van der Waals surface area contributed by atoms with E-state index in [0.717, 1.165) is 16.5 Å². The van der Waals surface area contributed by atoms with Crippen LogP contribution in [-0.4, -0.2) is 84.1 Å². The molecule has 0 aliphatic heterocycles.